The van der Waals surface area contributed by atoms with E-state index in [1.54, 1.807) is 0 Å². The number of nitrogens with zero attached hydrogens (tertiary/aromatic N) is 1. The number of rotatable bonds is 3. The summed E-state index contributed by atoms with van der Waals surface area (Å²) in [4.78, 5) is 2.55. The molecule has 3 aliphatic rings. The average Bonchev–Trinajstić information content (AvgIpc) is 2.41. The lowest BCUT2D eigenvalue weighted by Gasteiger charge is -2.45. The number of halogens is 2. The number of hydrogen-bond acceptors (Lipinski definition) is 2. The smallest absolute Gasteiger partial charge is 0.0451 e. The van der Waals surface area contributed by atoms with Crippen LogP contribution >= 0.6 is 23.2 Å². The quantitative estimate of drug-likeness (QED) is 0.917. The second-order valence-electron chi connectivity index (χ2n) is 5.36. The summed E-state index contributed by atoms with van der Waals surface area (Å²) in [6.07, 6.45) is 2.67. The van der Waals surface area contributed by atoms with Crippen LogP contribution in [0.5, 0.6) is 0 Å². The van der Waals surface area contributed by atoms with E-state index in [0.29, 0.717) is 6.04 Å². The van der Waals surface area contributed by atoms with Crippen molar-refractivity contribution in [1.82, 2.24) is 10.2 Å². The van der Waals surface area contributed by atoms with Crippen LogP contribution in [-0.2, 0) is 6.54 Å². The summed E-state index contributed by atoms with van der Waals surface area (Å²) in [5.41, 5.74) is 1.10. The van der Waals surface area contributed by atoms with E-state index in [1.165, 1.54) is 32.5 Å². The van der Waals surface area contributed by atoms with Crippen LogP contribution in [0.4, 0.5) is 0 Å². The summed E-state index contributed by atoms with van der Waals surface area (Å²) < 4.78 is 0. The van der Waals surface area contributed by atoms with Crippen LogP contribution in [0.15, 0.2) is 18.2 Å². The van der Waals surface area contributed by atoms with Crippen LogP contribution in [-0.4, -0.2) is 30.6 Å². The van der Waals surface area contributed by atoms with Crippen molar-refractivity contribution >= 4 is 23.2 Å². The molecule has 1 atom stereocenters. The number of nitrogens with one attached hydrogen (secondary N) is 1. The molecular formula is C14H18Cl2N2. The van der Waals surface area contributed by atoms with Gasteiger partial charge >= 0.3 is 0 Å². The van der Waals surface area contributed by atoms with Gasteiger partial charge in [-0.2, -0.15) is 0 Å². The second kappa shape index (κ2) is 5.38. The summed E-state index contributed by atoms with van der Waals surface area (Å²) in [5.74, 6) is 0.841. The Balaban J connectivity index is 1.62. The molecule has 0 amide bonds. The molecule has 2 nitrogen and oxygen atoms in total. The zero-order chi connectivity index (χ0) is 12.5. The summed E-state index contributed by atoms with van der Waals surface area (Å²) in [7, 11) is 0. The van der Waals surface area contributed by atoms with Gasteiger partial charge in [-0.25, -0.2) is 0 Å². The molecular weight excluding hydrogens is 267 g/mol. The molecule has 1 aromatic carbocycles. The van der Waals surface area contributed by atoms with Crippen LogP contribution in [0.1, 0.15) is 18.4 Å². The molecule has 3 heterocycles. The fraction of sp³-hybridized carbons (Fsp3) is 0.571. The molecule has 98 valence electrons. The Labute approximate surface area is 118 Å². The number of benzene rings is 1. The van der Waals surface area contributed by atoms with Gasteiger partial charge in [-0.3, -0.25) is 0 Å². The lowest BCUT2D eigenvalue weighted by molar-refractivity contribution is 0.0720. The van der Waals surface area contributed by atoms with Gasteiger partial charge < -0.3 is 10.2 Å². The molecule has 0 aromatic heterocycles. The Morgan fingerprint density at radius 2 is 2.00 bits per heavy atom. The molecule has 4 rings (SSSR count). The highest BCUT2D eigenvalue weighted by atomic mass is 35.5. The van der Waals surface area contributed by atoms with E-state index in [-0.39, 0.29) is 0 Å². The SMILES string of the molecule is Clc1ccc(Cl)c(CNC2CN3CCC2CC3)c1. The first-order valence-corrected chi connectivity index (χ1v) is 7.37. The largest absolute Gasteiger partial charge is 0.308 e. The topological polar surface area (TPSA) is 15.3 Å². The van der Waals surface area contributed by atoms with Gasteiger partial charge in [0.05, 0.1) is 0 Å². The Morgan fingerprint density at radius 1 is 1.22 bits per heavy atom. The highest BCUT2D eigenvalue weighted by Gasteiger charge is 2.33. The lowest BCUT2D eigenvalue weighted by atomic mass is 9.84. The van der Waals surface area contributed by atoms with E-state index in [1.807, 2.05) is 18.2 Å². The van der Waals surface area contributed by atoms with Crippen molar-refractivity contribution in [1.29, 1.82) is 0 Å². The lowest BCUT2D eigenvalue weighted by Crippen LogP contribution is -2.55. The molecule has 1 N–H and O–H groups in total. The Bertz CT molecular complexity index is 428. The number of hydrogen-bond donors (Lipinski definition) is 1. The molecule has 1 unspecified atom stereocenters. The van der Waals surface area contributed by atoms with Crippen molar-refractivity contribution in [3.63, 3.8) is 0 Å². The molecule has 0 spiro atoms. The van der Waals surface area contributed by atoms with E-state index in [4.69, 9.17) is 23.2 Å². The third-order valence-corrected chi connectivity index (χ3v) is 4.82. The van der Waals surface area contributed by atoms with Crippen LogP contribution in [0.25, 0.3) is 0 Å². The third kappa shape index (κ3) is 2.67. The fourth-order valence-electron chi connectivity index (χ4n) is 3.12. The maximum absolute atomic E-state index is 6.18. The van der Waals surface area contributed by atoms with Crippen molar-refractivity contribution in [3.8, 4) is 0 Å². The van der Waals surface area contributed by atoms with Gasteiger partial charge in [-0.05, 0) is 55.6 Å². The minimum atomic E-state index is 0.613. The number of fused-ring (bicyclic) bond motifs is 3. The van der Waals surface area contributed by atoms with Crippen LogP contribution in [0.2, 0.25) is 10.0 Å². The molecule has 18 heavy (non-hydrogen) atoms. The number of piperidine rings is 3. The minimum absolute atomic E-state index is 0.613. The van der Waals surface area contributed by atoms with Gasteiger partial charge in [0, 0.05) is 29.2 Å². The van der Waals surface area contributed by atoms with Crippen molar-refractivity contribution in [2.45, 2.75) is 25.4 Å². The predicted molar refractivity (Wildman–Crippen MR) is 76.3 cm³/mol. The first kappa shape index (κ1) is 12.7. The Hall–Kier alpha value is -0.280. The van der Waals surface area contributed by atoms with E-state index in [9.17, 15) is 0 Å². The van der Waals surface area contributed by atoms with Crippen molar-refractivity contribution in [2.75, 3.05) is 19.6 Å². The first-order chi connectivity index (χ1) is 8.72. The normalized spacial score (nSPS) is 30.7. The molecule has 1 aromatic rings. The monoisotopic (exact) mass is 284 g/mol. The summed E-state index contributed by atoms with van der Waals surface area (Å²) in [6.45, 7) is 4.55. The molecule has 2 bridgehead atoms. The fourth-order valence-corrected chi connectivity index (χ4v) is 3.50. The Kier molecular flexibility index (Phi) is 3.81. The van der Waals surface area contributed by atoms with Crippen LogP contribution in [0.3, 0.4) is 0 Å². The van der Waals surface area contributed by atoms with E-state index >= 15 is 0 Å². The van der Waals surface area contributed by atoms with E-state index in [2.05, 4.69) is 10.2 Å². The van der Waals surface area contributed by atoms with Gasteiger partial charge in [0.15, 0.2) is 0 Å². The molecule has 0 saturated carbocycles. The standard InChI is InChI=1S/C14H18Cl2N2/c15-12-1-2-13(16)11(7-12)8-17-14-9-18-5-3-10(14)4-6-18/h1-2,7,10,14,17H,3-6,8-9H2. The van der Waals surface area contributed by atoms with Gasteiger partial charge in [-0.15, -0.1) is 0 Å². The maximum Gasteiger partial charge on any atom is 0.0451 e. The van der Waals surface area contributed by atoms with Gasteiger partial charge in [0.2, 0.25) is 0 Å². The highest BCUT2D eigenvalue weighted by molar-refractivity contribution is 6.33. The summed E-state index contributed by atoms with van der Waals surface area (Å²) in [5, 5.41) is 5.21. The molecule has 3 fully saturated rings. The predicted octanol–water partition coefficient (Wildman–Crippen LogP) is 3.18. The van der Waals surface area contributed by atoms with Crippen molar-refractivity contribution < 1.29 is 0 Å². The molecule has 0 radical (unpaired) electrons. The van der Waals surface area contributed by atoms with E-state index in [0.717, 1.165) is 28.1 Å². The van der Waals surface area contributed by atoms with Crippen molar-refractivity contribution in [2.24, 2.45) is 5.92 Å². The second-order valence-corrected chi connectivity index (χ2v) is 6.20. The molecule has 3 aliphatic heterocycles. The first-order valence-electron chi connectivity index (χ1n) is 6.62. The van der Waals surface area contributed by atoms with Crippen molar-refractivity contribution in [3.05, 3.63) is 33.8 Å². The van der Waals surface area contributed by atoms with Crippen LogP contribution in [0, 0.1) is 5.92 Å². The summed E-state index contributed by atoms with van der Waals surface area (Å²) >= 11 is 12.2. The van der Waals surface area contributed by atoms with E-state index < -0.39 is 0 Å². The third-order valence-electron chi connectivity index (χ3n) is 4.22. The summed E-state index contributed by atoms with van der Waals surface area (Å²) in [6, 6.07) is 6.28. The van der Waals surface area contributed by atoms with Crippen LogP contribution < -0.4 is 5.32 Å². The van der Waals surface area contributed by atoms with Gasteiger partial charge in [0.25, 0.3) is 0 Å². The average molecular weight is 285 g/mol. The zero-order valence-corrected chi connectivity index (χ0v) is 11.8. The Morgan fingerprint density at radius 3 is 2.67 bits per heavy atom. The van der Waals surface area contributed by atoms with Gasteiger partial charge in [-0.1, -0.05) is 23.2 Å². The minimum Gasteiger partial charge on any atom is -0.308 e. The molecule has 3 saturated heterocycles. The van der Waals surface area contributed by atoms with Gasteiger partial charge in [0.1, 0.15) is 0 Å². The maximum atomic E-state index is 6.18. The molecule has 0 aliphatic carbocycles. The molecule has 4 heteroatoms. The zero-order valence-electron chi connectivity index (χ0n) is 10.3. The highest BCUT2D eigenvalue weighted by Crippen LogP contribution is 2.28.